The average Bonchev–Trinajstić information content (AvgIpc) is 3.08. The fraction of sp³-hybridized carbons (Fsp3) is 0.733. The lowest BCUT2D eigenvalue weighted by Crippen LogP contribution is -2.29. The second-order valence-corrected chi connectivity index (χ2v) is 6.35. The highest BCUT2D eigenvalue weighted by Crippen LogP contribution is 2.31. The third-order valence-electron chi connectivity index (χ3n) is 4.84. The highest BCUT2D eigenvalue weighted by atomic mass is 16.4. The van der Waals surface area contributed by atoms with Gasteiger partial charge < -0.3 is 9.32 Å². The van der Waals surface area contributed by atoms with Crippen LogP contribution in [0.25, 0.3) is 0 Å². The van der Waals surface area contributed by atoms with E-state index in [1.165, 1.54) is 19.3 Å². The van der Waals surface area contributed by atoms with Crippen molar-refractivity contribution in [3.63, 3.8) is 0 Å². The van der Waals surface area contributed by atoms with Gasteiger partial charge in [0.1, 0.15) is 5.76 Å². The summed E-state index contributed by atoms with van der Waals surface area (Å²) >= 11 is 0. The number of carbonyl (C=O) groups is 1. The first-order chi connectivity index (χ1) is 9.79. The summed E-state index contributed by atoms with van der Waals surface area (Å²) in [6, 6.07) is 0. The fourth-order valence-electron chi connectivity index (χ4n) is 3.42. The minimum Gasteiger partial charge on any atom is -0.436 e. The molecule has 4 rings (SSSR count). The smallest absolute Gasteiger partial charge is 0.309 e. The average molecular weight is 275 g/mol. The Bertz CT molecular complexity index is 492. The molecule has 1 saturated heterocycles. The molecule has 0 unspecified atom stereocenters. The van der Waals surface area contributed by atoms with E-state index < -0.39 is 0 Å². The predicted molar refractivity (Wildman–Crippen MR) is 73.1 cm³/mol. The van der Waals surface area contributed by atoms with Crippen LogP contribution in [0.2, 0.25) is 0 Å². The number of amides is 1. The molecule has 1 amide bonds. The van der Waals surface area contributed by atoms with Crippen LogP contribution in [-0.4, -0.2) is 40.3 Å². The Morgan fingerprint density at radius 2 is 2.00 bits per heavy atom. The Hall–Kier alpha value is -1.36. The number of carbonyl (C=O) groups excluding carboxylic acids is 1. The van der Waals surface area contributed by atoms with Crippen molar-refractivity contribution in [2.75, 3.05) is 19.6 Å². The molecule has 3 heterocycles. The van der Waals surface area contributed by atoms with Gasteiger partial charge in [0.15, 0.2) is 0 Å². The number of nitrogens with zero attached hydrogens (tertiary/aromatic N) is 3. The summed E-state index contributed by atoms with van der Waals surface area (Å²) in [5.74, 6) is 2.05. The Balaban J connectivity index is 1.41. The summed E-state index contributed by atoms with van der Waals surface area (Å²) in [6.45, 7) is 4.52. The Kier molecular flexibility index (Phi) is 3.02. The Labute approximate surface area is 118 Å². The van der Waals surface area contributed by atoms with E-state index >= 15 is 0 Å². The van der Waals surface area contributed by atoms with Crippen molar-refractivity contribution in [3.8, 4) is 0 Å². The Morgan fingerprint density at radius 3 is 2.65 bits per heavy atom. The van der Waals surface area contributed by atoms with Crippen molar-refractivity contribution in [2.24, 2.45) is 5.92 Å². The summed E-state index contributed by atoms with van der Waals surface area (Å²) in [5, 5.41) is 0. The van der Waals surface area contributed by atoms with Gasteiger partial charge in [0.2, 0.25) is 0 Å². The lowest BCUT2D eigenvalue weighted by atomic mass is 9.85. The molecule has 1 aromatic heterocycles. The van der Waals surface area contributed by atoms with E-state index in [-0.39, 0.29) is 5.91 Å². The Morgan fingerprint density at radius 1 is 1.20 bits per heavy atom. The molecule has 5 nitrogen and oxygen atoms in total. The predicted octanol–water partition coefficient (Wildman–Crippen LogP) is 2.03. The normalized spacial score (nSPS) is 23.1. The van der Waals surface area contributed by atoms with Gasteiger partial charge in [-0.2, -0.15) is 0 Å². The maximum Gasteiger partial charge on any atom is 0.309 e. The largest absolute Gasteiger partial charge is 0.436 e. The molecule has 5 heteroatoms. The van der Waals surface area contributed by atoms with Crippen LogP contribution in [0.15, 0.2) is 4.42 Å². The maximum absolute atomic E-state index is 12.2. The van der Waals surface area contributed by atoms with E-state index in [1.807, 2.05) is 4.90 Å². The molecule has 1 saturated carbocycles. The number of aromatic nitrogens is 1. The molecule has 2 fully saturated rings. The molecule has 1 aromatic rings. The number of oxazole rings is 1. The molecule has 0 spiro atoms. The summed E-state index contributed by atoms with van der Waals surface area (Å²) in [7, 11) is 0. The van der Waals surface area contributed by atoms with Crippen molar-refractivity contribution >= 4 is 5.91 Å². The molecule has 1 aliphatic carbocycles. The van der Waals surface area contributed by atoms with Crippen LogP contribution in [0.1, 0.15) is 54.2 Å². The zero-order valence-corrected chi connectivity index (χ0v) is 11.8. The minimum absolute atomic E-state index is 0.0255. The van der Waals surface area contributed by atoms with Crippen molar-refractivity contribution in [1.29, 1.82) is 0 Å². The van der Waals surface area contributed by atoms with Crippen molar-refractivity contribution in [2.45, 2.75) is 45.2 Å². The van der Waals surface area contributed by atoms with Crippen LogP contribution < -0.4 is 0 Å². The lowest BCUT2D eigenvalue weighted by Gasteiger charge is -2.29. The zero-order valence-electron chi connectivity index (χ0n) is 11.8. The van der Waals surface area contributed by atoms with Gasteiger partial charge in [-0.1, -0.05) is 6.42 Å². The second kappa shape index (κ2) is 4.88. The van der Waals surface area contributed by atoms with Crippen molar-refractivity contribution in [3.05, 3.63) is 17.3 Å². The third-order valence-corrected chi connectivity index (χ3v) is 4.84. The maximum atomic E-state index is 12.2. The second-order valence-electron chi connectivity index (χ2n) is 6.35. The standard InChI is InChI=1S/C15H21N3O2/c19-15(18-6-1-2-7-18)14-16-12-9-17(10-13(12)20-14)8-11-4-3-5-11/h11H,1-10H2. The minimum atomic E-state index is -0.0255. The number of rotatable bonds is 3. The van der Waals surface area contributed by atoms with Crippen LogP contribution in [0, 0.1) is 5.92 Å². The molecule has 0 bridgehead atoms. The van der Waals surface area contributed by atoms with E-state index in [0.29, 0.717) is 5.89 Å². The van der Waals surface area contributed by atoms with E-state index in [9.17, 15) is 4.79 Å². The van der Waals surface area contributed by atoms with E-state index in [2.05, 4.69) is 9.88 Å². The van der Waals surface area contributed by atoms with Gasteiger partial charge in [-0.3, -0.25) is 9.69 Å². The molecule has 2 aliphatic heterocycles. The summed E-state index contributed by atoms with van der Waals surface area (Å²) in [4.78, 5) is 20.9. The van der Waals surface area contributed by atoms with Crippen LogP contribution in [0.5, 0.6) is 0 Å². The lowest BCUT2D eigenvalue weighted by molar-refractivity contribution is 0.0747. The highest BCUT2D eigenvalue weighted by Gasteiger charge is 2.31. The van der Waals surface area contributed by atoms with Crippen molar-refractivity contribution in [1.82, 2.24) is 14.8 Å². The molecule has 0 radical (unpaired) electrons. The molecule has 0 N–H and O–H groups in total. The van der Waals surface area contributed by atoms with E-state index in [4.69, 9.17) is 4.42 Å². The molecule has 3 aliphatic rings. The summed E-state index contributed by atoms with van der Waals surface area (Å²) in [6.07, 6.45) is 6.31. The summed E-state index contributed by atoms with van der Waals surface area (Å²) in [5.41, 5.74) is 0.979. The quantitative estimate of drug-likeness (QED) is 0.847. The van der Waals surface area contributed by atoms with Crippen LogP contribution in [-0.2, 0) is 13.1 Å². The third kappa shape index (κ3) is 2.14. The molecule has 108 valence electrons. The first-order valence-corrected chi connectivity index (χ1v) is 7.80. The van der Waals surface area contributed by atoms with E-state index in [0.717, 1.165) is 62.9 Å². The van der Waals surface area contributed by atoms with Crippen molar-refractivity contribution < 1.29 is 9.21 Å². The van der Waals surface area contributed by atoms with Crippen LogP contribution >= 0.6 is 0 Å². The molecule has 20 heavy (non-hydrogen) atoms. The fourth-order valence-corrected chi connectivity index (χ4v) is 3.42. The van der Waals surface area contributed by atoms with Crippen LogP contribution in [0.3, 0.4) is 0 Å². The van der Waals surface area contributed by atoms with Gasteiger partial charge in [-0.25, -0.2) is 4.98 Å². The number of fused-ring (bicyclic) bond motifs is 1. The van der Waals surface area contributed by atoms with Gasteiger partial charge >= 0.3 is 5.91 Å². The monoisotopic (exact) mass is 275 g/mol. The number of hydrogen-bond donors (Lipinski definition) is 0. The molecular weight excluding hydrogens is 254 g/mol. The SMILES string of the molecule is O=C(c1nc2c(o1)CN(CC1CCC1)C2)N1CCCC1. The number of hydrogen-bond acceptors (Lipinski definition) is 4. The zero-order chi connectivity index (χ0) is 13.5. The van der Waals surface area contributed by atoms with Gasteiger partial charge in [0.05, 0.1) is 12.2 Å². The number of likely N-dealkylation sites (tertiary alicyclic amines) is 1. The first kappa shape index (κ1) is 12.4. The highest BCUT2D eigenvalue weighted by molar-refractivity contribution is 5.90. The first-order valence-electron chi connectivity index (χ1n) is 7.80. The topological polar surface area (TPSA) is 49.6 Å². The van der Waals surface area contributed by atoms with Gasteiger partial charge in [-0.15, -0.1) is 0 Å². The molecular formula is C15H21N3O2. The molecule has 0 atom stereocenters. The van der Waals surface area contributed by atoms with Gasteiger partial charge in [0, 0.05) is 26.2 Å². The summed E-state index contributed by atoms with van der Waals surface area (Å²) < 4.78 is 5.72. The van der Waals surface area contributed by atoms with E-state index in [1.54, 1.807) is 0 Å². The van der Waals surface area contributed by atoms with Crippen LogP contribution in [0.4, 0.5) is 0 Å². The molecule has 0 aromatic carbocycles. The van der Waals surface area contributed by atoms with Gasteiger partial charge in [0.25, 0.3) is 5.89 Å². The van der Waals surface area contributed by atoms with Gasteiger partial charge in [-0.05, 0) is 31.6 Å².